The molecule has 4 nitrogen and oxygen atoms in total. The maximum Gasteiger partial charge on any atom is 0.408 e. The number of allylic oxidation sites excluding steroid dienone is 1. The molecule has 124 valence electrons. The normalized spacial score (nSPS) is 14.0. The third-order valence-corrected chi connectivity index (χ3v) is 2.96. The van der Waals surface area contributed by atoms with Gasteiger partial charge in [-0.3, -0.25) is 0 Å². The van der Waals surface area contributed by atoms with Crippen molar-refractivity contribution in [2.45, 2.75) is 38.9 Å². The molecule has 0 saturated carbocycles. The van der Waals surface area contributed by atoms with E-state index in [1.54, 1.807) is 13.8 Å². The van der Waals surface area contributed by atoms with Crippen molar-refractivity contribution < 1.29 is 13.2 Å². The number of nitrogens with two attached hydrogens (primary N) is 1. The van der Waals surface area contributed by atoms with Crippen LogP contribution in [0.3, 0.4) is 0 Å². The zero-order valence-electron chi connectivity index (χ0n) is 13.2. The van der Waals surface area contributed by atoms with Crippen LogP contribution in [0.25, 0.3) is 0 Å². The highest BCUT2D eigenvalue weighted by Crippen LogP contribution is 2.29. The monoisotopic (exact) mass is 316 g/mol. The summed E-state index contributed by atoms with van der Waals surface area (Å²) in [6.45, 7) is 14.0. The Morgan fingerprint density at radius 3 is 2.27 bits per heavy atom. The molecule has 0 rings (SSSR count). The average Bonchev–Trinajstić information content (AvgIpc) is 2.38. The molecular formula is C15H23F3N4. The zero-order valence-corrected chi connectivity index (χ0v) is 13.2. The Morgan fingerprint density at radius 1 is 1.32 bits per heavy atom. The van der Waals surface area contributed by atoms with E-state index in [1.807, 2.05) is 0 Å². The van der Waals surface area contributed by atoms with Crippen molar-refractivity contribution in [1.82, 2.24) is 4.90 Å². The smallest absolute Gasteiger partial charge is 0.384 e. The fourth-order valence-electron chi connectivity index (χ4n) is 1.65. The van der Waals surface area contributed by atoms with Crippen molar-refractivity contribution in [1.29, 1.82) is 0 Å². The molecule has 0 aromatic rings. The van der Waals surface area contributed by atoms with Gasteiger partial charge < -0.3 is 10.6 Å². The van der Waals surface area contributed by atoms with E-state index in [9.17, 15) is 13.2 Å². The van der Waals surface area contributed by atoms with Crippen LogP contribution in [0.5, 0.6) is 0 Å². The van der Waals surface area contributed by atoms with Crippen LogP contribution >= 0.6 is 0 Å². The highest BCUT2D eigenvalue weighted by Gasteiger charge is 2.42. The fourth-order valence-corrected chi connectivity index (χ4v) is 1.65. The molecule has 0 aromatic carbocycles. The summed E-state index contributed by atoms with van der Waals surface area (Å²) in [7, 11) is 1.32. The van der Waals surface area contributed by atoms with Gasteiger partial charge in [0.1, 0.15) is 17.7 Å². The predicted octanol–water partition coefficient (Wildman–Crippen LogP) is 3.64. The summed E-state index contributed by atoms with van der Waals surface area (Å²) in [5.74, 6) is 0.111. The Morgan fingerprint density at radius 2 is 1.86 bits per heavy atom. The summed E-state index contributed by atoms with van der Waals surface area (Å²) < 4.78 is 39.0. The molecule has 22 heavy (non-hydrogen) atoms. The lowest BCUT2D eigenvalue weighted by Gasteiger charge is -2.31. The van der Waals surface area contributed by atoms with Gasteiger partial charge in [-0.25, -0.2) is 9.98 Å². The Kier molecular flexibility index (Phi) is 7.62. The van der Waals surface area contributed by atoms with E-state index < -0.39 is 12.2 Å². The van der Waals surface area contributed by atoms with E-state index in [-0.39, 0.29) is 18.1 Å². The van der Waals surface area contributed by atoms with Crippen molar-refractivity contribution in [3.63, 3.8) is 0 Å². The molecule has 0 heterocycles. The molecule has 7 heteroatoms. The number of rotatable bonds is 8. The molecule has 0 unspecified atom stereocenters. The summed E-state index contributed by atoms with van der Waals surface area (Å²) in [6, 6.07) is -1.62. The first-order valence-electron chi connectivity index (χ1n) is 6.72. The highest BCUT2D eigenvalue weighted by molar-refractivity contribution is 6.14. The van der Waals surface area contributed by atoms with Crippen LogP contribution in [0.4, 0.5) is 13.2 Å². The number of alkyl halides is 3. The van der Waals surface area contributed by atoms with Crippen molar-refractivity contribution in [2.75, 3.05) is 7.05 Å². The molecule has 0 spiro atoms. The quantitative estimate of drug-likeness (QED) is 0.695. The maximum atomic E-state index is 13.0. The Labute approximate surface area is 129 Å². The van der Waals surface area contributed by atoms with Crippen molar-refractivity contribution >= 4 is 11.9 Å². The first kappa shape index (κ1) is 19.9. The summed E-state index contributed by atoms with van der Waals surface area (Å²) >= 11 is 0. The van der Waals surface area contributed by atoms with Crippen molar-refractivity contribution in [3.05, 3.63) is 37.0 Å². The second kappa shape index (κ2) is 8.41. The minimum Gasteiger partial charge on any atom is -0.384 e. The molecule has 1 atom stereocenters. The van der Waals surface area contributed by atoms with Crippen molar-refractivity contribution in [3.8, 4) is 0 Å². The Balaban J connectivity index is 5.00. The van der Waals surface area contributed by atoms with Gasteiger partial charge in [0.25, 0.3) is 0 Å². The summed E-state index contributed by atoms with van der Waals surface area (Å²) in [6.07, 6.45) is -2.65. The van der Waals surface area contributed by atoms with Gasteiger partial charge in [-0.15, -0.1) is 0 Å². The minimum atomic E-state index is -4.34. The van der Waals surface area contributed by atoms with Crippen LogP contribution in [0.1, 0.15) is 26.7 Å². The van der Waals surface area contributed by atoms with Gasteiger partial charge in [-0.05, 0) is 13.3 Å². The maximum absolute atomic E-state index is 13.0. The summed E-state index contributed by atoms with van der Waals surface area (Å²) in [5, 5.41) is 0. The molecule has 0 bridgehead atoms. The van der Waals surface area contributed by atoms with Gasteiger partial charge in [-0.2, -0.15) is 13.2 Å². The summed E-state index contributed by atoms with van der Waals surface area (Å²) in [5.41, 5.74) is 6.23. The van der Waals surface area contributed by atoms with Gasteiger partial charge in [0.05, 0.1) is 0 Å². The largest absolute Gasteiger partial charge is 0.408 e. The van der Waals surface area contributed by atoms with Crippen molar-refractivity contribution in [2.24, 2.45) is 15.7 Å². The third kappa shape index (κ3) is 6.60. The first-order chi connectivity index (χ1) is 10.0. The lowest BCUT2D eigenvalue weighted by atomic mass is 10.1. The van der Waals surface area contributed by atoms with E-state index in [0.29, 0.717) is 17.7 Å². The Hall–Kier alpha value is -2.05. The number of halogens is 3. The number of nitrogens with zero attached hydrogens (tertiary/aromatic N) is 3. The molecule has 0 aliphatic heterocycles. The van der Waals surface area contributed by atoms with Gasteiger partial charge in [-0.1, -0.05) is 33.1 Å². The van der Waals surface area contributed by atoms with Crippen LogP contribution in [0.2, 0.25) is 0 Å². The minimum absolute atomic E-state index is 0.00343. The van der Waals surface area contributed by atoms with Gasteiger partial charge >= 0.3 is 6.18 Å². The number of hydrogen-bond donors (Lipinski definition) is 1. The molecule has 0 aromatic heterocycles. The topological polar surface area (TPSA) is 54.0 Å². The van der Waals surface area contributed by atoms with Gasteiger partial charge in [0, 0.05) is 24.5 Å². The fraction of sp³-hybridized carbons (Fsp3) is 0.467. The van der Waals surface area contributed by atoms with Gasteiger partial charge in [0.15, 0.2) is 0 Å². The van der Waals surface area contributed by atoms with E-state index >= 15 is 0 Å². The molecule has 2 N–H and O–H groups in total. The van der Waals surface area contributed by atoms with Gasteiger partial charge in [0.2, 0.25) is 0 Å². The van der Waals surface area contributed by atoms with E-state index in [4.69, 9.17) is 5.73 Å². The zero-order chi connectivity index (χ0) is 17.5. The summed E-state index contributed by atoms with van der Waals surface area (Å²) in [4.78, 5) is 8.83. The van der Waals surface area contributed by atoms with Crippen LogP contribution in [0.15, 0.2) is 46.9 Å². The predicted molar refractivity (Wildman–Crippen MR) is 85.7 cm³/mol. The second-order valence-electron chi connectivity index (χ2n) is 4.85. The van der Waals surface area contributed by atoms with E-state index in [2.05, 4.69) is 29.7 Å². The van der Waals surface area contributed by atoms with E-state index in [0.717, 1.165) is 4.90 Å². The van der Waals surface area contributed by atoms with Crippen LogP contribution < -0.4 is 5.73 Å². The van der Waals surface area contributed by atoms with Crippen LogP contribution in [-0.4, -0.2) is 36.1 Å². The van der Waals surface area contributed by atoms with Crippen LogP contribution in [0, 0.1) is 0 Å². The van der Waals surface area contributed by atoms with Crippen LogP contribution in [-0.2, 0) is 0 Å². The molecule has 0 fully saturated rings. The standard InChI is InChI=1S/C15H23F3N4/c1-7-8-14(15(16,17)18)22(6)13(5)20-9-10(2)11(3)21-12(4)19/h9,14H,2,4-5,7-8,19H2,1,3,6H3/t14-/m0/s1. The number of aliphatic imine (C=N–C) groups is 2. The molecule has 0 saturated heterocycles. The second-order valence-corrected chi connectivity index (χ2v) is 4.85. The highest BCUT2D eigenvalue weighted by atomic mass is 19.4. The molecule has 0 radical (unpaired) electrons. The SMILES string of the molecule is C=C(N)N=C(C)C(=C)C=NC(=C)N(C)[C@@H](CCC)C(F)(F)F. The lowest BCUT2D eigenvalue weighted by Crippen LogP contribution is -2.42. The third-order valence-electron chi connectivity index (χ3n) is 2.96. The Bertz CT molecular complexity index is 490. The van der Waals surface area contributed by atoms with E-state index in [1.165, 1.54) is 13.3 Å². The molecule has 0 amide bonds. The molecular weight excluding hydrogens is 293 g/mol. The number of hydrogen-bond acceptors (Lipinski definition) is 4. The first-order valence-corrected chi connectivity index (χ1v) is 6.72. The average molecular weight is 316 g/mol. The molecule has 0 aliphatic carbocycles. The molecule has 0 aliphatic rings. The lowest BCUT2D eigenvalue weighted by molar-refractivity contribution is -0.177.